The summed E-state index contributed by atoms with van der Waals surface area (Å²) in [4.78, 5) is 41.7. The normalized spacial score (nSPS) is 24.4. The SMILES string of the molecule is CCNC(=O)NC1(C2CNCCC2(C)C(=O)O)N=CC=CN1c1cc(-c2cc(C(C)(C)O)ccn2)c2scnc2c1. The highest BCUT2D eigenvalue weighted by atomic mass is 32.1. The van der Waals surface area contributed by atoms with E-state index in [1.165, 1.54) is 11.3 Å². The molecule has 0 radical (unpaired) electrons. The molecule has 2 aromatic heterocycles. The second-order valence-electron chi connectivity index (χ2n) is 11.1. The number of aliphatic carboxylic acids is 1. The zero-order valence-corrected chi connectivity index (χ0v) is 24.3. The molecule has 3 atom stereocenters. The second kappa shape index (κ2) is 10.8. The molecule has 4 heterocycles. The summed E-state index contributed by atoms with van der Waals surface area (Å²) in [5.74, 6) is -3.08. The lowest BCUT2D eigenvalue weighted by Gasteiger charge is -2.52. The Bertz CT molecular complexity index is 1530. The second-order valence-corrected chi connectivity index (χ2v) is 12.0. The van der Waals surface area contributed by atoms with Crippen molar-refractivity contribution in [2.45, 2.75) is 45.5 Å². The summed E-state index contributed by atoms with van der Waals surface area (Å²) < 4.78 is 0.913. The van der Waals surface area contributed by atoms with Crippen LogP contribution >= 0.6 is 11.3 Å². The van der Waals surface area contributed by atoms with Gasteiger partial charge >= 0.3 is 12.0 Å². The number of amides is 2. The van der Waals surface area contributed by atoms with Crippen molar-refractivity contribution in [1.82, 2.24) is 25.9 Å². The zero-order chi connectivity index (χ0) is 29.4. The summed E-state index contributed by atoms with van der Waals surface area (Å²) in [6.45, 7) is 8.22. The molecule has 11 nitrogen and oxygen atoms in total. The monoisotopic (exact) mass is 577 g/mol. The Morgan fingerprint density at radius 2 is 2.07 bits per heavy atom. The molecular weight excluding hydrogens is 542 g/mol. The molecule has 2 amide bonds. The molecule has 5 N–H and O–H groups in total. The average molecular weight is 578 g/mol. The summed E-state index contributed by atoms with van der Waals surface area (Å²) in [5, 5.41) is 30.2. The van der Waals surface area contributed by atoms with E-state index in [4.69, 9.17) is 4.99 Å². The summed E-state index contributed by atoms with van der Waals surface area (Å²) in [6, 6.07) is 7.03. The van der Waals surface area contributed by atoms with Crippen LogP contribution in [0.4, 0.5) is 10.5 Å². The van der Waals surface area contributed by atoms with Gasteiger partial charge in [0.15, 0.2) is 0 Å². The lowest BCUT2D eigenvalue weighted by Crippen LogP contribution is -2.71. The number of hydrogen-bond donors (Lipinski definition) is 5. The first-order chi connectivity index (χ1) is 19.5. The number of aliphatic imine (C=N–C) groups is 1. The van der Waals surface area contributed by atoms with E-state index in [0.29, 0.717) is 43.0 Å². The third kappa shape index (κ3) is 5.18. The van der Waals surface area contributed by atoms with Gasteiger partial charge in [0.25, 0.3) is 0 Å². The maximum absolute atomic E-state index is 13.1. The molecule has 1 saturated heterocycles. The van der Waals surface area contributed by atoms with E-state index in [1.54, 1.807) is 57.0 Å². The number of allylic oxidation sites excluding steroid dienone is 1. The van der Waals surface area contributed by atoms with Gasteiger partial charge in [-0.05, 0) is 76.6 Å². The highest BCUT2D eigenvalue weighted by molar-refractivity contribution is 7.17. The third-order valence-corrected chi connectivity index (χ3v) is 8.82. The van der Waals surface area contributed by atoms with Gasteiger partial charge in [-0.3, -0.25) is 15.1 Å². The van der Waals surface area contributed by atoms with Crippen LogP contribution in [0.15, 0.2) is 53.2 Å². The average Bonchev–Trinajstić information content (AvgIpc) is 3.41. The Morgan fingerprint density at radius 3 is 2.80 bits per heavy atom. The largest absolute Gasteiger partial charge is 0.481 e. The number of fused-ring (bicyclic) bond motifs is 1. The smallest absolute Gasteiger partial charge is 0.318 e. The van der Waals surface area contributed by atoms with Crippen molar-refractivity contribution in [3.8, 4) is 11.3 Å². The van der Waals surface area contributed by atoms with Gasteiger partial charge < -0.3 is 25.7 Å². The van der Waals surface area contributed by atoms with E-state index in [1.807, 2.05) is 30.0 Å². The lowest BCUT2D eigenvalue weighted by molar-refractivity contribution is -0.155. The first kappa shape index (κ1) is 28.7. The predicted octanol–water partition coefficient (Wildman–Crippen LogP) is 3.66. The van der Waals surface area contributed by atoms with E-state index >= 15 is 0 Å². The van der Waals surface area contributed by atoms with Crippen molar-refractivity contribution in [3.63, 3.8) is 0 Å². The van der Waals surface area contributed by atoms with E-state index in [9.17, 15) is 19.8 Å². The number of piperidine rings is 1. The van der Waals surface area contributed by atoms with Crippen LogP contribution in [0.25, 0.3) is 21.5 Å². The Kier molecular flexibility index (Phi) is 7.58. The number of nitrogens with zero attached hydrogens (tertiary/aromatic N) is 4. The number of thiazole rings is 1. The van der Waals surface area contributed by atoms with E-state index in [-0.39, 0.29) is 0 Å². The Hall–Kier alpha value is -3.87. The molecule has 2 aliphatic rings. The lowest BCUT2D eigenvalue weighted by atomic mass is 9.68. The van der Waals surface area contributed by atoms with Crippen molar-refractivity contribution in [3.05, 3.63) is 53.8 Å². The first-order valence-corrected chi connectivity index (χ1v) is 14.5. The van der Waals surface area contributed by atoms with Crippen LogP contribution in [0.2, 0.25) is 0 Å². The van der Waals surface area contributed by atoms with Crippen LogP contribution in [-0.2, 0) is 10.4 Å². The van der Waals surface area contributed by atoms with Gasteiger partial charge in [-0.2, -0.15) is 0 Å². The number of carbonyl (C=O) groups is 2. The van der Waals surface area contributed by atoms with Crippen LogP contribution < -0.4 is 20.9 Å². The zero-order valence-electron chi connectivity index (χ0n) is 23.5. The Morgan fingerprint density at radius 1 is 1.27 bits per heavy atom. The first-order valence-electron chi connectivity index (χ1n) is 13.6. The molecule has 2 aliphatic heterocycles. The number of rotatable bonds is 7. The van der Waals surface area contributed by atoms with Gasteiger partial charge in [0.2, 0.25) is 5.79 Å². The summed E-state index contributed by atoms with van der Waals surface area (Å²) in [6.07, 6.45) is 7.18. The molecule has 3 aromatic rings. The molecule has 1 aromatic carbocycles. The van der Waals surface area contributed by atoms with Crippen molar-refractivity contribution in [1.29, 1.82) is 0 Å². The van der Waals surface area contributed by atoms with Crippen LogP contribution in [-0.4, -0.2) is 63.8 Å². The number of aliphatic hydroxyl groups is 1. The van der Waals surface area contributed by atoms with Gasteiger partial charge in [-0.1, -0.05) is 0 Å². The minimum absolute atomic E-state index is 0.317. The van der Waals surface area contributed by atoms with Gasteiger partial charge in [0, 0.05) is 43.0 Å². The molecule has 0 saturated carbocycles. The number of carboxylic acids is 1. The number of benzene rings is 1. The molecule has 0 spiro atoms. The summed E-state index contributed by atoms with van der Waals surface area (Å²) in [7, 11) is 0. The molecule has 0 bridgehead atoms. The van der Waals surface area contributed by atoms with Crippen molar-refractivity contribution in [2.75, 3.05) is 24.5 Å². The van der Waals surface area contributed by atoms with Gasteiger partial charge in [0.1, 0.15) is 0 Å². The molecule has 41 heavy (non-hydrogen) atoms. The van der Waals surface area contributed by atoms with Crippen molar-refractivity contribution >= 4 is 45.5 Å². The molecule has 3 unspecified atom stereocenters. The number of pyridine rings is 1. The Labute approximate surface area is 242 Å². The van der Waals surface area contributed by atoms with Crippen LogP contribution in [0, 0.1) is 11.3 Å². The third-order valence-electron chi connectivity index (χ3n) is 7.94. The number of carboxylic acid groups (broad SMARTS) is 1. The van der Waals surface area contributed by atoms with Crippen LogP contribution in [0.1, 0.15) is 39.7 Å². The fourth-order valence-corrected chi connectivity index (χ4v) is 6.42. The molecular formula is C29H35N7O4S. The number of hydrogen-bond acceptors (Lipinski definition) is 9. The number of nitrogens with one attached hydrogen (secondary N) is 3. The molecule has 216 valence electrons. The fourth-order valence-electron chi connectivity index (χ4n) is 5.63. The molecule has 0 aliphatic carbocycles. The minimum atomic E-state index is -1.47. The topological polar surface area (TPSA) is 152 Å². The van der Waals surface area contributed by atoms with Crippen molar-refractivity contribution in [2.24, 2.45) is 16.3 Å². The quantitative estimate of drug-likeness (QED) is 0.285. The summed E-state index contributed by atoms with van der Waals surface area (Å²) in [5.41, 5.74) is 3.04. The van der Waals surface area contributed by atoms with Crippen LogP contribution in [0.3, 0.4) is 0 Å². The minimum Gasteiger partial charge on any atom is -0.481 e. The fraction of sp³-hybridized carbons (Fsp3) is 0.414. The molecule has 5 rings (SSSR count). The van der Waals surface area contributed by atoms with E-state index in [2.05, 4.69) is 25.9 Å². The van der Waals surface area contributed by atoms with Crippen molar-refractivity contribution < 1.29 is 19.8 Å². The maximum atomic E-state index is 13.1. The number of urea groups is 1. The van der Waals surface area contributed by atoms with Gasteiger partial charge in [-0.25, -0.2) is 14.8 Å². The number of carbonyl (C=O) groups excluding carboxylic acids is 1. The molecule has 1 fully saturated rings. The standard InChI is InChI=1S/C29H35N7O4S/c1-5-31-26(39)35-29(23-16-30-11-8-28(23,4)25(37)38)34-9-6-12-36(29)19-14-20(24-22(15-19)33-17-41-24)21-13-18(7-10-32-21)27(2,3)40/h6-7,9-10,12-15,17,23,30,40H,5,8,11,16H2,1-4H3,(H,37,38)(H2,31,35,39). The maximum Gasteiger partial charge on any atom is 0.318 e. The number of aromatic nitrogens is 2. The Balaban J connectivity index is 1.72. The van der Waals surface area contributed by atoms with Crippen LogP contribution in [0.5, 0.6) is 0 Å². The van der Waals surface area contributed by atoms with Gasteiger partial charge in [-0.15, -0.1) is 11.3 Å². The van der Waals surface area contributed by atoms with E-state index < -0.39 is 34.7 Å². The number of anilines is 1. The predicted molar refractivity (Wildman–Crippen MR) is 160 cm³/mol. The molecule has 12 heteroatoms. The highest BCUT2D eigenvalue weighted by Crippen LogP contribution is 2.46. The highest BCUT2D eigenvalue weighted by Gasteiger charge is 2.57. The van der Waals surface area contributed by atoms with Gasteiger partial charge in [0.05, 0.1) is 38.4 Å². The van der Waals surface area contributed by atoms with E-state index in [0.717, 1.165) is 15.8 Å². The summed E-state index contributed by atoms with van der Waals surface area (Å²) >= 11 is 1.48.